The summed E-state index contributed by atoms with van der Waals surface area (Å²) in [5.74, 6) is -3.47. The highest BCUT2D eigenvalue weighted by atomic mass is 32.2. The molecule has 8 heteroatoms. The number of rotatable bonds is 4. The van der Waals surface area contributed by atoms with Gasteiger partial charge in [0.15, 0.2) is 5.41 Å². The van der Waals surface area contributed by atoms with Crippen LogP contribution < -0.4 is 0 Å². The van der Waals surface area contributed by atoms with Gasteiger partial charge >= 0.3 is 11.9 Å². The van der Waals surface area contributed by atoms with Crippen molar-refractivity contribution in [3.05, 3.63) is 29.8 Å². The lowest BCUT2D eigenvalue weighted by molar-refractivity contribution is -0.169. The van der Waals surface area contributed by atoms with Crippen LogP contribution in [0.4, 0.5) is 0 Å². The zero-order valence-electron chi connectivity index (χ0n) is 12.5. The predicted octanol–water partition coefficient (Wildman–Crippen LogP) is 0.934. The van der Waals surface area contributed by atoms with Crippen molar-refractivity contribution in [2.24, 2.45) is 11.3 Å². The van der Waals surface area contributed by atoms with E-state index in [-0.39, 0.29) is 24.3 Å². The van der Waals surface area contributed by atoms with Crippen LogP contribution in [-0.4, -0.2) is 47.5 Å². The summed E-state index contributed by atoms with van der Waals surface area (Å²) in [5.41, 5.74) is -0.938. The second-order valence-corrected chi connectivity index (χ2v) is 8.15. The van der Waals surface area contributed by atoms with Crippen LogP contribution in [0.1, 0.15) is 18.4 Å². The van der Waals surface area contributed by atoms with Crippen LogP contribution in [0.25, 0.3) is 0 Å². The molecular formula is C15H17NO6S. The molecule has 2 N–H and O–H groups in total. The Labute approximate surface area is 133 Å². The third-order valence-electron chi connectivity index (χ3n) is 5.01. The van der Waals surface area contributed by atoms with E-state index in [9.17, 15) is 28.2 Å². The monoisotopic (exact) mass is 339 g/mol. The fourth-order valence-electron chi connectivity index (χ4n) is 3.72. The maximum Gasteiger partial charge on any atom is 0.321 e. The van der Waals surface area contributed by atoms with Gasteiger partial charge in [0.2, 0.25) is 10.0 Å². The van der Waals surface area contributed by atoms with Crippen LogP contribution in [-0.2, 0) is 19.6 Å². The van der Waals surface area contributed by atoms with Gasteiger partial charge in [-0.1, -0.05) is 17.7 Å². The number of sulfonamides is 1. The average molecular weight is 339 g/mol. The molecule has 1 saturated carbocycles. The molecule has 3 rings (SSSR count). The zero-order chi connectivity index (χ0) is 17.0. The molecule has 0 amide bonds. The van der Waals surface area contributed by atoms with Gasteiger partial charge in [0.05, 0.1) is 4.90 Å². The minimum absolute atomic E-state index is 0.0700. The Balaban J connectivity index is 1.91. The molecule has 2 fully saturated rings. The van der Waals surface area contributed by atoms with Gasteiger partial charge in [-0.2, -0.15) is 4.31 Å². The molecule has 7 nitrogen and oxygen atoms in total. The number of fused-ring (bicyclic) bond motifs is 2. The van der Waals surface area contributed by atoms with Gasteiger partial charge in [0, 0.05) is 18.5 Å². The average Bonchev–Trinajstić information content (AvgIpc) is 3.06. The smallest absolute Gasteiger partial charge is 0.321 e. The predicted molar refractivity (Wildman–Crippen MR) is 79.3 cm³/mol. The molecule has 1 saturated heterocycles. The van der Waals surface area contributed by atoms with Crippen LogP contribution in [0.2, 0.25) is 0 Å². The summed E-state index contributed by atoms with van der Waals surface area (Å²) in [5, 5.41) is 18.7. The molecule has 23 heavy (non-hydrogen) atoms. The number of carbonyl (C=O) groups is 2. The number of aryl methyl sites for hydroxylation is 1. The summed E-state index contributed by atoms with van der Waals surface area (Å²) < 4.78 is 26.7. The number of carboxylic acids is 2. The van der Waals surface area contributed by atoms with E-state index in [1.54, 1.807) is 12.1 Å². The second kappa shape index (κ2) is 5.04. The molecule has 1 aliphatic heterocycles. The Hall–Kier alpha value is -1.93. The van der Waals surface area contributed by atoms with Gasteiger partial charge in [-0.25, -0.2) is 8.42 Å². The van der Waals surface area contributed by atoms with E-state index in [0.717, 1.165) is 5.56 Å². The molecule has 2 atom stereocenters. The summed E-state index contributed by atoms with van der Waals surface area (Å²) in [6.07, 6.45) is 0.0805. The minimum Gasteiger partial charge on any atom is -0.480 e. The third-order valence-corrected chi connectivity index (χ3v) is 6.94. The molecule has 1 aromatic rings. The highest BCUT2D eigenvalue weighted by Crippen LogP contribution is 2.52. The number of hydrogen-bond acceptors (Lipinski definition) is 4. The van der Waals surface area contributed by atoms with Crippen LogP contribution in [0.5, 0.6) is 0 Å². The normalized spacial score (nSPS) is 26.3. The number of piperidine rings is 1. The zero-order valence-corrected chi connectivity index (χ0v) is 13.3. The molecule has 2 unspecified atom stereocenters. The van der Waals surface area contributed by atoms with Crippen LogP contribution >= 0.6 is 0 Å². The van der Waals surface area contributed by atoms with Crippen LogP contribution in [0.3, 0.4) is 0 Å². The quantitative estimate of drug-likeness (QED) is 0.789. The number of nitrogens with zero attached hydrogens (tertiary/aromatic N) is 1. The van der Waals surface area contributed by atoms with Crippen molar-refractivity contribution in [2.45, 2.75) is 30.7 Å². The lowest BCUT2D eigenvalue weighted by atomic mass is 9.77. The number of aliphatic carboxylic acids is 2. The van der Waals surface area contributed by atoms with Gasteiger partial charge in [0.25, 0.3) is 0 Å². The largest absolute Gasteiger partial charge is 0.480 e. The van der Waals surface area contributed by atoms with Crippen molar-refractivity contribution in [3.8, 4) is 0 Å². The van der Waals surface area contributed by atoms with Crippen molar-refractivity contribution in [1.82, 2.24) is 4.31 Å². The maximum absolute atomic E-state index is 12.7. The highest BCUT2D eigenvalue weighted by molar-refractivity contribution is 7.89. The first-order valence-corrected chi connectivity index (χ1v) is 8.69. The molecule has 0 aromatic heterocycles. The third kappa shape index (κ3) is 2.16. The Morgan fingerprint density at radius 2 is 1.74 bits per heavy atom. The summed E-state index contributed by atoms with van der Waals surface area (Å²) in [6, 6.07) is 5.83. The lowest BCUT2D eigenvalue weighted by Gasteiger charge is -2.34. The van der Waals surface area contributed by atoms with Crippen molar-refractivity contribution in [3.63, 3.8) is 0 Å². The van der Waals surface area contributed by atoms with Gasteiger partial charge in [-0.05, 0) is 31.9 Å². The van der Waals surface area contributed by atoms with E-state index in [1.807, 2.05) is 6.92 Å². The highest BCUT2D eigenvalue weighted by Gasteiger charge is 2.65. The molecule has 1 aromatic carbocycles. The Morgan fingerprint density at radius 3 is 2.17 bits per heavy atom. The first-order valence-electron chi connectivity index (χ1n) is 7.25. The first kappa shape index (κ1) is 15.9. The van der Waals surface area contributed by atoms with E-state index in [0.29, 0.717) is 0 Å². The summed E-state index contributed by atoms with van der Waals surface area (Å²) in [7, 11) is -3.74. The fourth-order valence-corrected chi connectivity index (χ4v) is 5.40. The fraction of sp³-hybridized carbons (Fsp3) is 0.467. The first-order chi connectivity index (χ1) is 10.7. The Bertz CT molecular complexity index is 756. The Kier molecular flexibility index (Phi) is 3.49. The lowest BCUT2D eigenvalue weighted by Crippen LogP contribution is -2.51. The van der Waals surface area contributed by atoms with E-state index in [2.05, 4.69) is 0 Å². The summed E-state index contributed by atoms with van der Waals surface area (Å²) in [6.45, 7) is 1.78. The SMILES string of the molecule is Cc1ccc(S(=O)(=O)N2CC3CC2CC3(C(=O)O)C(=O)O)cc1. The van der Waals surface area contributed by atoms with Gasteiger partial charge < -0.3 is 10.2 Å². The molecule has 0 spiro atoms. The molecular weight excluding hydrogens is 322 g/mol. The molecule has 2 bridgehead atoms. The summed E-state index contributed by atoms with van der Waals surface area (Å²) >= 11 is 0. The van der Waals surface area contributed by atoms with E-state index in [4.69, 9.17) is 0 Å². The van der Waals surface area contributed by atoms with Gasteiger partial charge in [0.1, 0.15) is 0 Å². The molecule has 124 valence electrons. The van der Waals surface area contributed by atoms with Gasteiger partial charge in [-0.15, -0.1) is 0 Å². The van der Waals surface area contributed by atoms with E-state index < -0.39 is 39.3 Å². The minimum atomic E-state index is -3.74. The van der Waals surface area contributed by atoms with Crippen molar-refractivity contribution >= 4 is 22.0 Å². The van der Waals surface area contributed by atoms with Crippen molar-refractivity contribution in [1.29, 1.82) is 0 Å². The van der Waals surface area contributed by atoms with Crippen LogP contribution in [0.15, 0.2) is 29.2 Å². The number of hydrogen-bond donors (Lipinski definition) is 2. The van der Waals surface area contributed by atoms with E-state index in [1.165, 1.54) is 16.4 Å². The topological polar surface area (TPSA) is 112 Å². The molecule has 1 heterocycles. The number of benzene rings is 1. The summed E-state index contributed by atoms with van der Waals surface area (Å²) in [4.78, 5) is 23.1. The van der Waals surface area contributed by atoms with Crippen molar-refractivity contribution < 1.29 is 28.2 Å². The molecule has 0 radical (unpaired) electrons. The van der Waals surface area contributed by atoms with Crippen molar-refractivity contribution in [2.75, 3.05) is 6.54 Å². The molecule has 1 aliphatic carbocycles. The van der Waals surface area contributed by atoms with Crippen LogP contribution in [0, 0.1) is 18.3 Å². The number of carboxylic acid groups (broad SMARTS) is 2. The second-order valence-electron chi connectivity index (χ2n) is 6.26. The van der Waals surface area contributed by atoms with E-state index >= 15 is 0 Å². The standard InChI is InChI=1S/C15H17NO6S/c1-9-2-4-12(5-3-9)23(21,22)16-8-10-6-11(16)7-15(10,13(17)18)14(19)20/h2-5,10-11H,6-8H2,1H3,(H,17,18)(H,19,20). The molecule has 2 aliphatic rings. The maximum atomic E-state index is 12.7. The Morgan fingerprint density at radius 1 is 1.17 bits per heavy atom. The van der Waals surface area contributed by atoms with Gasteiger partial charge in [-0.3, -0.25) is 9.59 Å².